The minimum absolute atomic E-state index is 0.699. The summed E-state index contributed by atoms with van der Waals surface area (Å²) in [6.45, 7) is 5.55. The van der Waals surface area contributed by atoms with Crippen molar-refractivity contribution in [2.75, 3.05) is 6.54 Å². The lowest BCUT2D eigenvalue weighted by molar-refractivity contribution is 0.308. The van der Waals surface area contributed by atoms with E-state index in [1.54, 1.807) is 0 Å². The zero-order valence-corrected chi connectivity index (χ0v) is 4.89. The Labute approximate surface area is 44.6 Å². The molecule has 0 saturated carbocycles. The lowest BCUT2D eigenvalue weighted by atomic mass is 10.2. The van der Waals surface area contributed by atoms with Gasteiger partial charge in [-0.3, -0.25) is 0 Å². The van der Waals surface area contributed by atoms with Crippen molar-refractivity contribution >= 4 is 0 Å². The van der Waals surface area contributed by atoms with Crippen LogP contribution >= 0.6 is 0 Å². The van der Waals surface area contributed by atoms with Crippen molar-refractivity contribution in [1.82, 2.24) is 4.90 Å². The zero-order valence-electron chi connectivity index (χ0n) is 4.89. The summed E-state index contributed by atoms with van der Waals surface area (Å²) in [6.07, 6.45) is 4.30. The first-order valence-electron chi connectivity index (χ1n) is 2.73. The fraction of sp³-hybridized carbons (Fsp3) is 0.667. The molecule has 0 aromatic carbocycles. The smallest absolute Gasteiger partial charge is 0.0373 e. The van der Waals surface area contributed by atoms with E-state index < -0.39 is 0 Å². The average Bonchev–Trinajstić information content (AvgIpc) is 1.23. The summed E-state index contributed by atoms with van der Waals surface area (Å²) in [5.41, 5.74) is 0. The molecule has 7 heavy (non-hydrogen) atoms. The van der Waals surface area contributed by atoms with Crippen molar-refractivity contribution in [3.05, 3.63) is 12.3 Å². The predicted molar refractivity (Wildman–Crippen MR) is 31.0 cm³/mol. The third-order valence-corrected chi connectivity index (χ3v) is 1.28. The van der Waals surface area contributed by atoms with Gasteiger partial charge < -0.3 is 4.90 Å². The molecule has 0 radical (unpaired) electrons. The monoisotopic (exact) mass is 97.1 g/mol. The molecule has 0 spiro atoms. The highest BCUT2D eigenvalue weighted by Gasteiger charge is 2.06. The van der Waals surface area contributed by atoms with Crippen LogP contribution in [0.2, 0.25) is 0 Å². The average molecular weight is 97.2 g/mol. The number of nitrogens with zero attached hydrogens (tertiary/aromatic N) is 1. The van der Waals surface area contributed by atoms with E-state index in [2.05, 4.69) is 31.0 Å². The van der Waals surface area contributed by atoms with Crippen LogP contribution in [0.1, 0.15) is 13.8 Å². The molecule has 0 atom stereocenters. The Morgan fingerprint density at radius 3 is 2.14 bits per heavy atom. The molecule has 0 N–H and O–H groups in total. The molecule has 0 fully saturated rings. The fourth-order valence-corrected chi connectivity index (χ4v) is 0.610. The SMILES string of the molecule is CC(C)N1C=CC1. The quantitative estimate of drug-likeness (QED) is 0.475. The third-order valence-electron chi connectivity index (χ3n) is 1.28. The Hall–Kier alpha value is -0.460. The van der Waals surface area contributed by atoms with Gasteiger partial charge in [0, 0.05) is 12.6 Å². The van der Waals surface area contributed by atoms with Crippen LogP contribution in [0, 0.1) is 0 Å². The molecule has 0 saturated heterocycles. The maximum Gasteiger partial charge on any atom is 0.0373 e. The van der Waals surface area contributed by atoms with Crippen LogP contribution in [0.5, 0.6) is 0 Å². The lowest BCUT2D eigenvalue weighted by Gasteiger charge is -2.29. The molecule has 0 aromatic heterocycles. The van der Waals surface area contributed by atoms with Crippen LogP contribution in [-0.2, 0) is 0 Å². The van der Waals surface area contributed by atoms with E-state index in [1.165, 1.54) is 0 Å². The van der Waals surface area contributed by atoms with Crippen molar-refractivity contribution in [2.45, 2.75) is 19.9 Å². The van der Waals surface area contributed by atoms with E-state index in [0.717, 1.165) is 6.54 Å². The molecule has 1 rings (SSSR count). The standard InChI is InChI=1S/C6H11N/c1-6(2)7-4-3-5-7/h3-4,6H,5H2,1-2H3. The number of rotatable bonds is 1. The van der Waals surface area contributed by atoms with Gasteiger partial charge in [-0.25, -0.2) is 0 Å². The van der Waals surface area contributed by atoms with Gasteiger partial charge in [0.2, 0.25) is 0 Å². The van der Waals surface area contributed by atoms with Crippen LogP contribution < -0.4 is 0 Å². The summed E-state index contributed by atoms with van der Waals surface area (Å²) >= 11 is 0. The van der Waals surface area contributed by atoms with E-state index in [1.807, 2.05) is 0 Å². The first-order valence-corrected chi connectivity index (χ1v) is 2.73. The molecule has 1 heteroatoms. The highest BCUT2D eigenvalue weighted by molar-refractivity contribution is 4.98. The van der Waals surface area contributed by atoms with E-state index >= 15 is 0 Å². The highest BCUT2D eigenvalue weighted by Crippen LogP contribution is 2.05. The first kappa shape index (κ1) is 4.69. The summed E-state index contributed by atoms with van der Waals surface area (Å²) in [5, 5.41) is 0. The Balaban J connectivity index is 2.29. The molecule has 1 nitrogen and oxygen atoms in total. The Morgan fingerprint density at radius 2 is 2.14 bits per heavy atom. The van der Waals surface area contributed by atoms with E-state index in [-0.39, 0.29) is 0 Å². The second kappa shape index (κ2) is 1.57. The topological polar surface area (TPSA) is 3.24 Å². The third kappa shape index (κ3) is 0.763. The Kier molecular flexibility index (Phi) is 1.05. The fourth-order valence-electron chi connectivity index (χ4n) is 0.610. The van der Waals surface area contributed by atoms with Gasteiger partial charge in [-0.15, -0.1) is 0 Å². The molecule has 0 aliphatic carbocycles. The van der Waals surface area contributed by atoms with Crippen molar-refractivity contribution in [3.8, 4) is 0 Å². The van der Waals surface area contributed by atoms with Crippen LogP contribution in [0.3, 0.4) is 0 Å². The van der Waals surface area contributed by atoms with Crippen LogP contribution in [0.4, 0.5) is 0 Å². The van der Waals surface area contributed by atoms with Gasteiger partial charge in [0.05, 0.1) is 0 Å². The normalized spacial score (nSPS) is 17.9. The summed E-state index contributed by atoms with van der Waals surface area (Å²) in [4.78, 5) is 2.29. The molecular formula is C6H11N. The van der Waals surface area contributed by atoms with E-state index in [9.17, 15) is 0 Å². The number of hydrogen-bond donors (Lipinski definition) is 0. The Bertz CT molecular complexity index is 84.2. The molecule has 1 aliphatic rings. The largest absolute Gasteiger partial charge is 0.371 e. The predicted octanol–water partition coefficient (Wildman–Crippen LogP) is 1.22. The highest BCUT2D eigenvalue weighted by atomic mass is 15.2. The van der Waals surface area contributed by atoms with Crippen molar-refractivity contribution in [2.24, 2.45) is 0 Å². The summed E-state index contributed by atoms with van der Waals surface area (Å²) in [5.74, 6) is 0. The van der Waals surface area contributed by atoms with E-state index in [4.69, 9.17) is 0 Å². The lowest BCUT2D eigenvalue weighted by Crippen LogP contribution is -2.30. The molecule has 0 aromatic rings. The first-order chi connectivity index (χ1) is 3.30. The summed E-state index contributed by atoms with van der Waals surface area (Å²) in [7, 11) is 0. The van der Waals surface area contributed by atoms with Gasteiger partial charge in [-0.2, -0.15) is 0 Å². The zero-order chi connectivity index (χ0) is 5.28. The van der Waals surface area contributed by atoms with Crippen LogP contribution in [0.15, 0.2) is 12.3 Å². The molecule has 1 heterocycles. The summed E-state index contributed by atoms with van der Waals surface area (Å²) < 4.78 is 0. The van der Waals surface area contributed by atoms with Gasteiger partial charge >= 0.3 is 0 Å². The molecule has 40 valence electrons. The Morgan fingerprint density at radius 1 is 1.57 bits per heavy atom. The van der Waals surface area contributed by atoms with Crippen molar-refractivity contribution in [3.63, 3.8) is 0 Å². The molecule has 0 amide bonds. The molecular weight excluding hydrogens is 86.1 g/mol. The van der Waals surface area contributed by atoms with Gasteiger partial charge in [0.25, 0.3) is 0 Å². The van der Waals surface area contributed by atoms with Crippen molar-refractivity contribution in [1.29, 1.82) is 0 Å². The second-order valence-electron chi connectivity index (χ2n) is 2.18. The van der Waals surface area contributed by atoms with E-state index in [0.29, 0.717) is 6.04 Å². The van der Waals surface area contributed by atoms with Gasteiger partial charge in [-0.05, 0) is 26.1 Å². The van der Waals surface area contributed by atoms with Gasteiger partial charge in [-0.1, -0.05) is 0 Å². The minimum atomic E-state index is 0.699. The minimum Gasteiger partial charge on any atom is -0.371 e. The maximum absolute atomic E-state index is 2.29. The van der Waals surface area contributed by atoms with Gasteiger partial charge in [0.15, 0.2) is 0 Å². The molecule has 1 aliphatic heterocycles. The van der Waals surface area contributed by atoms with Crippen LogP contribution in [-0.4, -0.2) is 17.5 Å². The second-order valence-corrected chi connectivity index (χ2v) is 2.18. The van der Waals surface area contributed by atoms with Crippen LogP contribution in [0.25, 0.3) is 0 Å². The summed E-state index contributed by atoms with van der Waals surface area (Å²) in [6, 6.07) is 0.699. The van der Waals surface area contributed by atoms with Crippen molar-refractivity contribution < 1.29 is 0 Å². The maximum atomic E-state index is 2.29. The molecule has 0 bridgehead atoms. The van der Waals surface area contributed by atoms with Gasteiger partial charge in [0.1, 0.15) is 0 Å². The number of hydrogen-bond acceptors (Lipinski definition) is 1. The molecule has 0 unspecified atom stereocenters.